The third-order valence-electron chi connectivity index (χ3n) is 2.55. The molecule has 0 amide bonds. The largest absolute Gasteiger partial charge is 0.497 e. The maximum Gasteiger partial charge on any atom is 0.307 e. The van der Waals surface area contributed by atoms with Crippen molar-refractivity contribution in [3.05, 3.63) is 23.8 Å². The number of hydrogen-bond acceptors (Lipinski definition) is 5. The van der Waals surface area contributed by atoms with Gasteiger partial charge in [-0.15, -0.1) is 0 Å². The van der Waals surface area contributed by atoms with E-state index in [0.717, 1.165) is 17.1 Å². The predicted octanol–water partition coefficient (Wildman–Crippen LogP) is 1.75. The smallest absolute Gasteiger partial charge is 0.307 e. The van der Waals surface area contributed by atoms with E-state index >= 15 is 0 Å². The van der Waals surface area contributed by atoms with Crippen molar-refractivity contribution in [3.63, 3.8) is 0 Å². The zero-order valence-electron chi connectivity index (χ0n) is 11.7. The Hall–Kier alpha value is -1.75. The summed E-state index contributed by atoms with van der Waals surface area (Å²) in [5, 5.41) is 3.18. The van der Waals surface area contributed by atoms with Gasteiger partial charge in [-0.2, -0.15) is 0 Å². The van der Waals surface area contributed by atoms with Crippen molar-refractivity contribution < 1.29 is 19.0 Å². The van der Waals surface area contributed by atoms with E-state index in [4.69, 9.17) is 14.2 Å². The molecule has 0 bridgehead atoms. The average molecular weight is 267 g/mol. The molecule has 19 heavy (non-hydrogen) atoms. The predicted molar refractivity (Wildman–Crippen MR) is 72.5 cm³/mol. The average Bonchev–Trinajstić information content (AvgIpc) is 2.43. The van der Waals surface area contributed by atoms with Crippen LogP contribution in [0.2, 0.25) is 0 Å². The molecule has 1 rings (SSSR count). The van der Waals surface area contributed by atoms with Crippen LogP contribution in [0.3, 0.4) is 0 Å². The Morgan fingerprint density at radius 1 is 1.16 bits per heavy atom. The SMILES string of the molecule is CCOC(=O)CCNCc1cc(OC)cc(OC)c1. The summed E-state index contributed by atoms with van der Waals surface area (Å²) in [7, 11) is 3.24. The molecule has 0 fully saturated rings. The first-order chi connectivity index (χ1) is 9.19. The van der Waals surface area contributed by atoms with Gasteiger partial charge in [0, 0.05) is 19.2 Å². The normalized spacial score (nSPS) is 10.1. The third kappa shape index (κ3) is 5.61. The minimum absolute atomic E-state index is 0.182. The second kappa shape index (κ2) is 8.37. The molecule has 1 aromatic carbocycles. The molecule has 0 aliphatic rings. The number of nitrogens with one attached hydrogen (secondary N) is 1. The lowest BCUT2D eigenvalue weighted by Gasteiger charge is -2.09. The lowest BCUT2D eigenvalue weighted by molar-refractivity contribution is -0.142. The molecule has 0 radical (unpaired) electrons. The van der Waals surface area contributed by atoms with Gasteiger partial charge < -0.3 is 19.5 Å². The van der Waals surface area contributed by atoms with E-state index in [1.165, 1.54) is 0 Å². The van der Waals surface area contributed by atoms with Crippen LogP contribution in [0.25, 0.3) is 0 Å². The molecule has 5 heteroatoms. The van der Waals surface area contributed by atoms with Crippen LogP contribution in [0.15, 0.2) is 18.2 Å². The second-order valence-electron chi connectivity index (χ2n) is 3.95. The van der Waals surface area contributed by atoms with Crippen molar-refractivity contribution >= 4 is 5.97 Å². The molecular weight excluding hydrogens is 246 g/mol. The Bertz CT molecular complexity index is 384. The molecular formula is C14H21NO4. The minimum Gasteiger partial charge on any atom is -0.497 e. The van der Waals surface area contributed by atoms with Crippen LogP contribution in [0.5, 0.6) is 11.5 Å². The van der Waals surface area contributed by atoms with Crippen molar-refractivity contribution in [3.8, 4) is 11.5 Å². The van der Waals surface area contributed by atoms with E-state index < -0.39 is 0 Å². The van der Waals surface area contributed by atoms with Gasteiger partial charge in [0.05, 0.1) is 27.2 Å². The van der Waals surface area contributed by atoms with Gasteiger partial charge in [-0.05, 0) is 24.6 Å². The molecule has 0 aliphatic carbocycles. The summed E-state index contributed by atoms with van der Waals surface area (Å²) in [4.78, 5) is 11.2. The van der Waals surface area contributed by atoms with Crippen LogP contribution in [-0.2, 0) is 16.1 Å². The van der Waals surface area contributed by atoms with Crippen LogP contribution in [-0.4, -0.2) is 33.3 Å². The molecule has 0 aromatic heterocycles. The third-order valence-corrected chi connectivity index (χ3v) is 2.55. The van der Waals surface area contributed by atoms with Gasteiger partial charge in [-0.3, -0.25) is 4.79 Å². The van der Waals surface area contributed by atoms with E-state index in [9.17, 15) is 4.79 Å². The summed E-state index contributed by atoms with van der Waals surface area (Å²) in [6, 6.07) is 5.68. The fraction of sp³-hybridized carbons (Fsp3) is 0.500. The van der Waals surface area contributed by atoms with Gasteiger partial charge in [0.25, 0.3) is 0 Å². The molecule has 0 spiro atoms. The topological polar surface area (TPSA) is 56.8 Å². The first-order valence-electron chi connectivity index (χ1n) is 6.28. The maximum absolute atomic E-state index is 11.2. The first kappa shape index (κ1) is 15.3. The Kier molecular flexibility index (Phi) is 6.74. The van der Waals surface area contributed by atoms with Crippen molar-refractivity contribution in [2.45, 2.75) is 19.9 Å². The molecule has 1 aromatic rings. The van der Waals surface area contributed by atoms with E-state index in [1.807, 2.05) is 18.2 Å². The molecule has 0 saturated carbocycles. The molecule has 0 heterocycles. The van der Waals surface area contributed by atoms with Crippen LogP contribution < -0.4 is 14.8 Å². The van der Waals surface area contributed by atoms with E-state index in [2.05, 4.69) is 5.32 Å². The number of ether oxygens (including phenoxy) is 3. The fourth-order valence-corrected chi connectivity index (χ4v) is 1.62. The highest BCUT2D eigenvalue weighted by Gasteiger charge is 2.03. The standard InChI is InChI=1S/C14H21NO4/c1-4-19-14(16)5-6-15-10-11-7-12(17-2)9-13(8-11)18-3/h7-9,15H,4-6,10H2,1-3H3. The first-order valence-corrected chi connectivity index (χ1v) is 6.28. The maximum atomic E-state index is 11.2. The number of esters is 1. The van der Waals surface area contributed by atoms with Crippen LogP contribution in [0.1, 0.15) is 18.9 Å². The summed E-state index contributed by atoms with van der Waals surface area (Å²) < 4.78 is 15.2. The zero-order chi connectivity index (χ0) is 14.1. The number of hydrogen-bond donors (Lipinski definition) is 1. The molecule has 0 unspecified atom stereocenters. The highest BCUT2D eigenvalue weighted by molar-refractivity contribution is 5.69. The summed E-state index contributed by atoms with van der Waals surface area (Å²) in [6.07, 6.45) is 0.370. The minimum atomic E-state index is -0.182. The van der Waals surface area contributed by atoms with Crippen molar-refractivity contribution in [2.24, 2.45) is 0 Å². The van der Waals surface area contributed by atoms with Crippen molar-refractivity contribution in [2.75, 3.05) is 27.4 Å². The Balaban J connectivity index is 2.42. The summed E-state index contributed by atoms with van der Waals surface area (Å²) in [5.41, 5.74) is 1.04. The quantitative estimate of drug-likeness (QED) is 0.574. The highest BCUT2D eigenvalue weighted by atomic mass is 16.5. The van der Waals surface area contributed by atoms with Gasteiger partial charge in [0.2, 0.25) is 0 Å². The van der Waals surface area contributed by atoms with Gasteiger partial charge in [-0.25, -0.2) is 0 Å². The number of rotatable bonds is 8. The van der Waals surface area contributed by atoms with Crippen LogP contribution >= 0.6 is 0 Å². The molecule has 0 aliphatic heterocycles. The van der Waals surface area contributed by atoms with Gasteiger partial charge in [-0.1, -0.05) is 0 Å². The van der Waals surface area contributed by atoms with Gasteiger partial charge >= 0.3 is 5.97 Å². The summed E-state index contributed by atoms with van der Waals surface area (Å²) >= 11 is 0. The Morgan fingerprint density at radius 3 is 2.32 bits per heavy atom. The molecule has 0 saturated heterocycles. The number of carbonyl (C=O) groups excluding carboxylic acids is 1. The van der Waals surface area contributed by atoms with Crippen molar-refractivity contribution in [1.29, 1.82) is 0 Å². The molecule has 5 nitrogen and oxygen atoms in total. The summed E-state index contributed by atoms with van der Waals surface area (Å²) in [5.74, 6) is 1.32. The second-order valence-corrected chi connectivity index (χ2v) is 3.95. The molecule has 0 atom stereocenters. The number of methoxy groups -OCH3 is 2. The van der Waals surface area contributed by atoms with E-state index in [0.29, 0.717) is 26.1 Å². The number of carbonyl (C=O) groups is 1. The van der Waals surface area contributed by atoms with Crippen LogP contribution in [0.4, 0.5) is 0 Å². The molecule has 106 valence electrons. The lowest BCUT2D eigenvalue weighted by atomic mass is 10.2. The number of benzene rings is 1. The lowest BCUT2D eigenvalue weighted by Crippen LogP contribution is -2.19. The zero-order valence-corrected chi connectivity index (χ0v) is 11.7. The van der Waals surface area contributed by atoms with Crippen molar-refractivity contribution in [1.82, 2.24) is 5.32 Å². The van der Waals surface area contributed by atoms with Crippen LogP contribution in [0, 0.1) is 0 Å². The molecule has 1 N–H and O–H groups in total. The van der Waals surface area contributed by atoms with Gasteiger partial charge in [0.1, 0.15) is 11.5 Å². The Morgan fingerprint density at radius 2 is 1.79 bits per heavy atom. The monoisotopic (exact) mass is 267 g/mol. The van der Waals surface area contributed by atoms with E-state index in [-0.39, 0.29) is 5.97 Å². The highest BCUT2D eigenvalue weighted by Crippen LogP contribution is 2.22. The van der Waals surface area contributed by atoms with Gasteiger partial charge in [0.15, 0.2) is 0 Å². The van der Waals surface area contributed by atoms with E-state index in [1.54, 1.807) is 21.1 Å². The summed E-state index contributed by atoms with van der Waals surface area (Å²) in [6.45, 7) is 3.45. The Labute approximate surface area is 113 Å². The fourth-order valence-electron chi connectivity index (χ4n) is 1.62.